The van der Waals surface area contributed by atoms with Crippen molar-refractivity contribution in [3.05, 3.63) is 82.1 Å². The molecular formula is C21H16FN3O4. The summed E-state index contributed by atoms with van der Waals surface area (Å²) in [5.41, 5.74) is 0.983. The largest absolute Gasteiger partial charge is 0.497 e. The van der Waals surface area contributed by atoms with Crippen molar-refractivity contribution in [1.29, 1.82) is 0 Å². The third kappa shape index (κ3) is 3.60. The molecule has 0 unspecified atom stereocenters. The minimum absolute atomic E-state index is 0.156. The number of amides is 1. The van der Waals surface area contributed by atoms with E-state index in [1.165, 1.54) is 23.9 Å². The Hall–Kier alpha value is -3.94. The van der Waals surface area contributed by atoms with E-state index in [1.807, 2.05) is 0 Å². The molecule has 2 heterocycles. The Kier molecular flexibility index (Phi) is 4.59. The molecule has 2 aromatic heterocycles. The summed E-state index contributed by atoms with van der Waals surface area (Å²) in [5, 5.41) is 7.57. The van der Waals surface area contributed by atoms with E-state index >= 15 is 0 Å². The molecule has 8 heteroatoms. The number of methoxy groups -OCH3 is 1. The molecular weight excluding hydrogens is 377 g/mol. The van der Waals surface area contributed by atoms with Crippen LogP contribution in [0.15, 0.2) is 63.8 Å². The predicted octanol–water partition coefficient (Wildman–Crippen LogP) is 3.69. The molecule has 0 saturated carbocycles. The molecule has 0 bridgehead atoms. The number of aromatic nitrogens is 2. The third-order valence-corrected chi connectivity index (χ3v) is 4.34. The molecule has 7 nitrogen and oxygen atoms in total. The van der Waals surface area contributed by atoms with Crippen LogP contribution < -0.4 is 15.7 Å². The summed E-state index contributed by atoms with van der Waals surface area (Å²) in [5.74, 6) is 0.00896. The van der Waals surface area contributed by atoms with Gasteiger partial charge in [-0.3, -0.25) is 4.79 Å². The molecule has 0 radical (unpaired) electrons. The topological polar surface area (TPSA) is 86.4 Å². The quantitative estimate of drug-likeness (QED) is 0.535. The maximum atomic E-state index is 13.2. The SMILES string of the molecule is COc1ccc2c(C(=O)Nc3cc(C)nn3-c3ccc(F)cc3)cc(=O)oc2c1. The summed E-state index contributed by atoms with van der Waals surface area (Å²) < 4.78 is 25.0. The number of anilines is 1. The number of ether oxygens (including phenoxy) is 1. The first kappa shape index (κ1) is 18.4. The molecule has 1 amide bonds. The van der Waals surface area contributed by atoms with Gasteiger partial charge < -0.3 is 14.5 Å². The number of halogens is 1. The van der Waals surface area contributed by atoms with E-state index in [0.29, 0.717) is 28.3 Å². The zero-order chi connectivity index (χ0) is 20.5. The number of aryl methyl sites for hydroxylation is 1. The molecule has 0 saturated heterocycles. The van der Waals surface area contributed by atoms with Crippen LogP contribution in [0.25, 0.3) is 16.7 Å². The maximum Gasteiger partial charge on any atom is 0.337 e. The molecule has 4 aromatic rings. The van der Waals surface area contributed by atoms with Gasteiger partial charge in [0, 0.05) is 23.6 Å². The van der Waals surface area contributed by atoms with E-state index in [0.717, 1.165) is 6.07 Å². The van der Waals surface area contributed by atoms with Gasteiger partial charge in [0.1, 0.15) is 23.0 Å². The first-order chi connectivity index (χ1) is 13.9. The first-order valence-corrected chi connectivity index (χ1v) is 8.70. The van der Waals surface area contributed by atoms with Gasteiger partial charge in [-0.15, -0.1) is 0 Å². The summed E-state index contributed by atoms with van der Waals surface area (Å²) >= 11 is 0. The number of rotatable bonds is 4. The molecule has 0 spiro atoms. The van der Waals surface area contributed by atoms with Gasteiger partial charge in [-0.05, 0) is 43.3 Å². The summed E-state index contributed by atoms with van der Waals surface area (Å²) in [4.78, 5) is 24.9. The highest BCUT2D eigenvalue weighted by Crippen LogP contribution is 2.24. The van der Waals surface area contributed by atoms with Crippen LogP contribution >= 0.6 is 0 Å². The number of hydrogen-bond donors (Lipinski definition) is 1. The van der Waals surface area contributed by atoms with E-state index < -0.39 is 11.5 Å². The molecule has 29 heavy (non-hydrogen) atoms. The van der Waals surface area contributed by atoms with Gasteiger partial charge in [0.05, 0.1) is 24.1 Å². The van der Waals surface area contributed by atoms with Gasteiger partial charge in [-0.2, -0.15) is 5.10 Å². The lowest BCUT2D eigenvalue weighted by molar-refractivity contribution is 0.102. The van der Waals surface area contributed by atoms with Crippen molar-refractivity contribution in [1.82, 2.24) is 9.78 Å². The van der Waals surface area contributed by atoms with Crippen molar-refractivity contribution in [2.75, 3.05) is 12.4 Å². The molecule has 2 aromatic carbocycles. The molecule has 146 valence electrons. The van der Waals surface area contributed by atoms with Crippen LogP contribution in [0.1, 0.15) is 16.1 Å². The zero-order valence-corrected chi connectivity index (χ0v) is 15.6. The Morgan fingerprint density at radius 1 is 1.14 bits per heavy atom. The van der Waals surface area contributed by atoms with Crippen LogP contribution in [-0.4, -0.2) is 22.8 Å². The van der Waals surface area contributed by atoms with Crippen LogP contribution in [0.5, 0.6) is 5.75 Å². The van der Waals surface area contributed by atoms with Gasteiger partial charge in [-0.25, -0.2) is 13.9 Å². The number of nitrogens with zero attached hydrogens (tertiary/aromatic N) is 2. The Morgan fingerprint density at radius 3 is 2.62 bits per heavy atom. The van der Waals surface area contributed by atoms with Gasteiger partial charge in [0.15, 0.2) is 0 Å². The highest BCUT2D eigenvalue weighted by atomic mass is 19.1. The molecule has 0 fully saturated rings. The number of benzene rings is 2. The van der Waals surface area contributed by atoms with Gasteiger partial charge in [-0.1, -0.05) is 0 Å². The van der Waals surface area contributed by atoms with E-state index in [9.17, 15) is 14.0 Å². The molecule has 1 N–H and O–H groups in total. The lowest BCUT2D eigenvalue weighted by Gasteiger charge is -2.10. The number of hydrogen-bond acceptors (Lipinski definition) is 5. The second-order valence-electron chi connectivity index (χ2n) is 6.35. The Morgan fingerprint density at radius 2 is 1.90 bits per heavy atom. The Balaban J connectivity index is 1.74. The monoisotopic (exact) mass is 393 g/mol. The van der Waals surface area contributed by atoms with Crippen LogP contribution in [0.4, 0.5) is 10.2 Å². The van der Waals surface area contributed by atoms with Crippen molar-refractivity contribution in [2.45, 2.75) is 6.92 Å². The van der Waals surface area contributed by atoms with Crippen LogP contribution in [0.2, 0.25) is 0 Å². The third-order valence-electron chi connectivity index (χ3n) is 4.34. The van der Waals surface area contributed by atoms with Crippen molar-refractivity contribution in [3.8, 4) is 11.4 Å². The molecule has 0 aliphatic carbocycles. The molecule has 4 rings (SSSR count). The van der Waals surface area contributed by atoms with Gasteiger partial charge >= 0.3 is 5.63 Å². The Bertz CT molecular complexity index is 1280. The summed E-state index contributed by atoms with van der Waals surface area (Å²) in [6, 6.07) is 13.4. The number of carbonyl (C=O) groups is 1. The van der Waals surface area contributed by atoms with Gasteiger partial charge in [0.2, 0.25) is 0 Å². The second-order valence-corrected chi connectivity index (χ2v) is 6.35. The van der Waals surface area contributed by atoms with Gasteiger partial charge in [0.25, 0.3) is 5.91 Å². The summed E-state index contributed by atoms with van der Waals surface area (Å²) in [6.45, 7) is 1.77. The molecule has 0 atom stereocenters. The number of carbonyl (C=O) groups excluding carboxylic acids is 1. The lowest BCUT2D eigenvalue weighted by atomic mass is 10.1. The minimum Gasteiger partial charge on any atom is -0.497 e. The van der Waals surface area contributed by atoms with E-state index in [2.05, 4.69) is 10.4 Å². The minimum atomic E-state index is -0.654. The first-order valence-electron chi connectivity index (χ1n) is 8.70. The fraction of sp³-hybridized carbons (Fsp3) is 0.0952. The average Bonchev–Trinajstić information content (AvgIpc) is 3.07. The van der Waals surface area contributed by atoms with E-state index in [-0.39, 0.29) is 17.0 Å². The van der Waals surface area contributed by atoms with Crippen molar-refractivity contribution < 1.29 is 18.3 Å². The fourth-order valence-corrected chi connectivity index (χ4v) is 3.01. The fourth-order valence-electron chi connectivity index (χ4n) is 3.01. The highest BCUT2D eigenvalue weighted by Gasteiger charge is 2.17. The second kappa shape index (κ2) is 7.23. The average molecular weight is 393 g/mol. The summed E-state index contributed by atoms with van der Waals surface area (Å²) in [7, 11) is 1.49. The number of nitrogens with one attached hydrogen (secondary N) is 1. The Labute approximate surface area is 164 Å². The molecule has 0 aliphatic heterocycles. The molecule has 0 aliphatic rings. The maximum absolute atomic E-state index is 13.2. The standard InChI is InChI=1S/C21H16FN3O4/c1-12-9-19(25(24-12)14-5-3-13(22)4-6-14)23-21(27)17-11-20(26)29-18-10-15(28-2)7-8-16(17)18/h3-11H,1-2H3,(H,23,27). The van der Waals surface area contributed by atoms with E-state index in [1.54, 1.807) is 43.3 Å². The smallest absolute Gasteiger partial charge is 0.337 e. The normalized spacial score (nSPS) is 10.9. The predicted molar refractivity (Wildman–Crippen MR) is 105 cm³/mol. The lowest BCUT2D eigenvalue weighted by Crippen LogP contribution is -2.17. The summed E-state index contributed by atoms with van der Waals surface area (Å²) in [6.07, 6.45) is 0. The number of fused-ring (bicyclic) bond motifs is 1. The highest BCUT2D eigenvalue weighted by molar-refractivity contribution is 6.11. The zero-order valence-electron chi connectivity index (χ0n) is 15.6. The van der Waals surface area contributed by atoms with Crippen LogP contribution in [-0.2, 0) is 0 Å². The van der Waals surface area contributed by atoms with Crippen molar-refractivity contribution in [3.63, 3.8) is 0 Å². The van der Waals surface area contributed by atoms with E-state index in [4.69, 9.17) is 9.15 Å². The van der Waals surface area contributed by atoms with Crippen LogP contribution in [0.3, 0.4) is 0 Å². The van der Waals surface area contributed by atoms with Crippen molar-refractivity contribution >= 4 is 22.7 Å². The van der Waals surface area contributed by atoms with Crippen molar-refractivity contribution in [2.24, 2.45) is 0 Å². The van der Waals surface area contributed by atoms with Crippen LogP contribution in [0, 0.1) is 12.7 Å².